The van der Waals surface area contributed by atoms with Gasteiger partial charge in [-0.15, -0.1) is 0 Å². The summed E-state index contributed by atoms with van der Waals surface area (Å²) in [6.07, 6.45) is 0. The molecule has 1 heterocycles. The SMILES string of the molecule is COc1ccccc1C(=O)Nc1ccc(-c2nc(-c3ccc(Cl)cc3)no2)cc1. The molecule has 0 radical (unpaired) electrons. The summed E-state index contributed by atoms with van der Waals surface area (Å²) in [6, 6.07) is 21.4. The van der Waals surface area contributed by atoms with Crippen molar-refractivity contribution in [1.82, 2.24) is 10.1 Å². The van der Waals surface area contributed by atoms with Gasteiger partial charge in [-0.1, -0.05) is 28.9 Å². The molecule has 0 saturated heterocycles. The number of rotatable bonds is 5. The van der Waals surface area contributed by atoms with Gasteiger partial charge in [0.05, 0.1) is 12.7 Å². The predicted molar refractivity (Wildman–Crippen MR) is 111 cm³/mol. The van der Waals surface area contributed by atoms with Crippen LogP contribution in [-0.4, -0.2) is 23.2 Å². The molecule has 0 aliphatic heterocycles. The molecule has 3 aromatic carbocycles. The molecule has 144 valence electrons. The largest absolute Gasteiger partial charge is 0.496 e. The molecule has 0 unspecified atom stereocenters. The summed E-state index contributed by atoms with van der Waals surface area (Å²) < 4.78 is 10.6. The van der Waals surface area contributed by atoms with Crippen molar-refractivity contribution >= 4 is 23.2 Å². The van der Waals surface area contributed by atoms with Gasteiger partial charge in [-0.05, 0) is 60.7 Å². The Morgan fingerprint density at radius 1 is 0.966 bits per heavy atom. The third-order valence-corrected chi connectivity index (χ3v) is 4.52. The fraction of sp³-hybridized carbons (Fsp3) is 0.0455. The number of methoxy groups -OCH3 is 1. The van der Waals surface area contributed by atoms with Gasteiger partial charge in [0.2, 0.25) is 5.82 Å². The number of carbonyl (C=O) groups excluding carboxylic acids is 1. The highest BCUT2D eigenvalue weighted by atomic mass is 35.5. The Labute approximate surface area is 172 Å². The van der Waals surface area contributed by atoms with E-state index in [1.807, 2.05) is 18.2 Å². The van der Waals surface area contributed by atoms with Gasteiger partial charge in [0.15, 0.2) is 0 Å². The van der Waals surface area contributed by atoms with Crippen molar-refractivity contribution in [2.75, 3.05) is 12.4 Å². The zero-order valence-electron chi connectivity index (χ0n) is 15.4. The number of amides is 1. The van der Waals surface area contributed by atoms with Crippen molar-refractivity contribution in [3.63, 3.8) is 0 Å². The third kappa shape index (κ3) is 4.12. The summed E-state index contributed by atoms with van der Waals surface area (Å²) in [6.45, 7) is 0. The number of carbonyl (C=O) groups is 1. The third-order valence-electron chi connectivity index (χ3n) is 4.27. The van der Waals surface area contributed by atoms with Crippen LogP contribution in [0.4, 0.5) is 5.69 Å². The number of aromatic nitrogens is 2. The summed E-state index contributed by atoms with van der Waals surface area (Å²) >= 11 is 5.91. The van der Waals surface area contributed by atoms with Gasteiger partial charge in [-0.3, -0.25) is 4.79 Å². The van der Waals surface area contributed by atoms with Crippen LogP contribution in [0.3, 0.4) is 0 Å². The maximum absolute atomic E-state index is 12.5. The van der Waals surface area contributed by atoms with Crippen molar-refractivity contribution < 1.29 is 14.1 Å². The Balaban J connectivity index is 1.50. The molecule has 0 aliphatic carbocycles. The number of halogens is 1. The number of para-hydroxylation sites is 1. The predicted octanol–water partition coefficient (Wildman–Crippen LogP) is 5.32. The van der Waals surface area contributed by atoms with E-state index in [0.29, 0.717) is 33.7 Å². The number of anilines is 1. The second-order valence-electron chi connectivity index (χ2n) is 6.16. The normalized spacial score (nSPS) is 10.6. The Morgan fingerprint density at radius 3 is 2.38 bits per heavy atom. The summed E-state index contributed by atoms with van der Waals surface area (Å²) in [4.78, 5) is 16.9. The number of nitrogens with zero attached hydrogens (tertiary/aromatic N) is 2. The number of benzene rings is 3. The van der Waals surface area contributed by atoms with E-state index >= 15 is 0 Å². The second-order valence-corrected chi connectivity index (χ2v) is 6.60. The molecule has 0 bridgehead atoms. The summed E-state index contributed by atoms with van der Waals surface area (Å²) in [5.74, 6) is 1.13. The monoisotopic (exact) mass is 405 g/mol. The van der Waals surface area contributed by atoms with E-state index in [-0.39, 0.29) is 5.91 Å². The van der Waals surface area contributed by atoms with Gasteiger partial charge in [-0.25, -0.2) is 0 Å². The number of hydrogen-bond donors (Lipinski definition) is 1. The van der Waals surface area contributed by atoms with Crippen LogP contribution in [0.1, 0.15) is 10.4 Å². The molecule has 0 fully saturated rings. The van der Waals surface area contributed by atoms with Crippen LogP contribution in [0.2, 0.25) is 5.02 Å². The molecule has 0 saturated carbocycles. The Kier molecular flexibility index (Phi) is 5.27. The maximum Gasteiger partial charge on any atom is 0.259 e. The van der Waals surface area contributed by atoms with Crippen LogP contribution in [0.15, 0.2) is 77.3 Å². The van der Waals surface area contributed by atoms with Crippen LogP contribution in [0, 0.1) is 0 Å². The topological polar surface area (TPSA) is 77.2 Å². The van der Waals surface area contributed by atoms with Gasteiger partial charge < -0.3 is 14.6 Å². The molecule has 4 rings (SSSR count). The van der Waals surface area contributed by atoms with Crippen molar-refractivity contribution in [3.05, 3.63) is 83.4 Å². The summed E-state index contributed by atoms with van der Waals surface area (Å²) in [5.41, 5.74) is 2.66. The molecule has 6 nitrogen and oxygen atoms in total. The van der Waals surface area contributed by atoms with E-state index in [4.69, 9.17) is 20.9 Å². The average Bonchev–Trinajstić information content (AvgIpc) is 3.25. The number of hydrogen-bond acceptors (Lipinski definition) is 5. The first-order valence-electron chi connectivity index (χ1n) is 8.78. The lowest BCUT2D eigenvalue weighted by Crippen LogP contribution is -2.12. The highest BCUT2D eigenvalue weighted by molar-refractivity contribution is 6.30. The van der Waals surface area contributed by atoms with E-state index in [1.165, 1.54) is 7.11 Å². The van der Waals surface area contributed by atoms with E-state index in [9.17, 15) is 4.79 Å². The lowest BCUT2D eigenvalue weighted by Gasteiger charge is -2.09. The van der Waals surface area contributed by atoms with E-state index < -0.39 is 0 Å². The molecular weight excluding hydrogens is 390 g/mol. The minimum Gasteiger partial charge on any atom is -0.496 e. The minimum absolute atomic E-state index is 0.252. The Bertz CT molecular complexity index is 1140. The Hall–Kier alpha value is -3.64. The van der Waals surface area contributed by atoms with Crippen molar-refractivity contribution in [2.24, 2.45) is 0 Å². The standard InChI is InChI=1S/C22H16ClN3O3/c1-28-19-5-3-2-4-18(19)21(27)24-17-12-8-15(9-13-17)22-25-20(26-29-22)14-6-10-16(23)11-7-14/h2-13H,1H3,(H,24,27). The molecule has 1 amide bonds. The van der Waals surface area contributed by atoms with Crippen molar-refractivity contribution in [3.8, 4) is 28.6 Å². The highest BCUT2D eigenvalue weighted by Gasteiger charge is 2.13. The molecule has 4 aromatic rings. The maximum atomic E-state index is 12.5. The van der Waals surface area contributed by atoms with Crippen molar-refractivity contribution in [1.29, 1.82) is 0 Å². The van der Waals surface area contributed by atoms with Crippen LogP contribution in [0.25, 0.3) is 22.8 Å². The molecule has 0 atom stereocenters. The van der Waals surface area contributed by atoms with Crippen LogP contribution in [-0.2, 0) is 0 Å². The summed E-state index contributed by atoms with van der Waals surface area (Å²) in [7, 11) is 1.53. The first-order valence-corrected chi connectivity index (χ1v) is 9.16. The zero-order valence-corrected chi connectivity index (χ0v) is 16.2. The van der Waals surface area contributed by atoms with Gasteiger partial charge in [0, 0.05) is 21.8 Å². The molecular formula is C22H16ClN3O3. The quantitative estimate of drug-likeness (QED) is 0.486. The molecule has 0 aliphatic rings. The van der Waals surface area contributed by atoms with Crippen LogP contribution in [0.5, 0.6) is 5.75 Å². The van der Waals surface area contributed by atoms with Crippen LogP contribution >= 0.6 is 11.6 Å². The van der Waals surface area contributed by atoms with Gasteiger partial charge in [-0.2, -0.15) is 4.98 Å². The van der Waals surface area contributed by atoms with E-state index in [0.717, 1.165) is 11.1 Å². The molecule has 1 N–H and O–H groups in total. The summed E-state index contributed by atoms with van der Waals surface area (Å²) in [5, 5.41) is 7.50. The molecule has 29 heavy (non-hydrogen) atoms. The first kappa shape index (κ1) is 18.7. The zero-order chi connectivity index (χ0) is 20.2. The van der Waals surface area contributed by atoms with Gasteiger partial charge >= 0.3 is 0 Å². The highest BCUT2D eigenvalue weighted by Crippen LogP contribution is 2.25. The smallest absolute Gasteiger partial charge is 0.259 e. The lowest BCUT2D eigenvalue weighted by molar-refractivity contribution is 0.102. The lowest BCUT2D eigenvalue weighted by atomic mass is 10.1. The van der Waals surface area contributed by atoms with Gasteiger partial charge in [0.1, 0.15) is 5.75 Å². The number of ether oxygens (including phenoxy) is 1. The number of nitrogens with one attached hydrogen (secondary N) is 1. The van der Waals surface area contributed by atoms with E-state index in [1.54, 1.807) is 54.6 Å². The minimum atomic E-state index is -0.252. The second kappa shape index (κ2) is 8.16. The molecule has 7 heteroatoms. The Morgan fingerprint density at radius 2 is 1.66 bits per heavy atom. The molecule has 0 spiro atoms. The molecule has 1 aromatic heterocycles. The fourth-order valence-corrected chi connectivity index (χ4v) is 2.91. The fourth-order valence-electron chi connectivity index (χ4n) is 2.78. The first-order chi connectivity index (χ1) is 14.1. The van der Waals surface area contributed by atoms with Crippen LogP contribution < -0.4 is 10.1 Å². The van der Waals surface area contributed by atoms with E-state index in [2.05, 4.69) is 15.5 Å². The van der Waals surface area contributed by atoms with Crippen molar-refractivity contribution in [2.45, 2.75) is 0 Å². The van der Waals surface area contributed by atoms with Gasteiger partial charge in [0.25, 0.3) is 11.8 Å². The average molecular weight is 406 g/mol.